The summed E-state index contributed by atoms with van der Waals surface area (Å²) in [7, 11) is 1.62. The standard InChI is InChI=1S/C19H20O5/c1-4-19(20)23-14(2)13-22-16-7-11-18(12-8-16)24-17-9-5-15(21-3)6-10-17/h4-12,14H,1,13H2,2-3H3. The van der Waals surface area contributed by atoms with Crippen LogP contribution in [0.25, 0.3) is 0 Å². The van der Waals surface area contributed by atoms with E-state index >= 15 is 0 Å². The smallest absolute Gasteiger partial charge is 0.330 e. The predicted molar refractivity (Wildman–Crippen MR) is 90.8 cm³/mol. The van der Waals surface area contributed by atoms with Crippen LogP contribution in [0.1, 0.15) is 6.92 Å². The van der Waals surface area contributed by atoms with E-state index in [1.807, 2.05) is 24.3 Å². The van der Waals surface area contributed by atoms with Crippen molar-refractivity contribution in [2.75, 3.05) is 13.7 Å². The number of hydrogen-bond acceptors (Lipinski definition) is 5. The molecule has 0 saturated carbocycles. The van der Waals surface area contributed by atoms with Gasteiger partial charge in [-0.1, -0.05) is 6.58 Å². The van der Waals surface area contributed by atoms with Gasteiger partial charge in [-0.3, -0.25) is 0 Å². The summed E-state index contributed by atoms with van der Waals surface area (Å²) < 4.78 is 21.4. The molecular formula is C19H20O5. The summed E-state index contributed by atoms with van der Waals surface area (Å²) in [5, 5.41) is 0. The molecule has 0 aliphatic rings. The monoisotopic (exact) mass is 328 g/mol. The molecule has 0 N–H and O–H groups in total. The van der Waals surface area contributed by atoms with Crippen LogP contribution in [-0.4, -0.2) is 25.8 Å². The van der Waals surface area contributed by atoms with Gasteiger partial charge in [0.1, 0.15) is 35.7 Å². The van der Waals surface area contributed by atoms with Crippen molar-refractivity contribution in [1.29, 1.82) is 0 Å². The van der Waals surface area contributed by atoms with Crippen LogP contribution in [0.15, 0.2) is 61.2 Å². The van der Waals surface area contributed by atoms with Gasteiger partial charge >= 0.3 is 5.97 Å². The zero-order valence-electron chi connectivity index (χ0n) is 13.7. The number of benzene rings is 2. The first-order chi connectivity index (χ1) is 11.6. The van der Waals surface area contributed by atoms with Gasteiger partial charge < -0.3 is 18.9 Å². The Kier molecular flexibility index (Phi) is 6.25. The van der Waals surface area contributed by atoms with Crippen LogP contribution in [-0.2, 0) is 9.53 Å². The van der Waals surface area contributed by atoms with Crippen molar-refractivity contribution in [2.45, 2.75) is 13.0 Å². The van der Waals surface area contributed by atoms with Crippen molar-refractivity contribution < 1.29 is 23.7 Å². The summed E-state index contributed by atoms with van der Waals surface area (Å²) in [6.45, 7) is 5.36. The second-order valence-electron chi connectivity index (χ2n) is 5.01. The maximum atomic E-state index is 11.1. The lowest BCUT2D eigenvalue weighted by atomic mass is 10.3. The lowest BCUT2D eigenvalue weighted by Gasteiger charge is -2.13. The Balaban J connectivity index is 1.85. The average Bonchev–Trinajstić information content (AvgIpc) is 2.61. The number of ether oxygens (including phenoxy) is 4. The topological polar surface area (TPSA) is 54.0 Å². The van der Waals surface area contributed by atoms with Crippen LogP contribution in [0.4, 0.5) is 0 Å². The highest BCUT2D eigenvalue weighted by molar-refractivity contribution is 5.81. The molecule has 5 nitrogen and oxygen atoms in total. The highest BCUT2D eigenvalue weighted by Gasteiger charge is 2.07. The maximum absolute atomic E-state index is 11.1. The molecule has 2 rings (SSSR count). The van der Waals surface area contributed by atoms with Gasteiger partial charge in [-0.25, -0.2) is 4.79 Å². The molecule has 0 heterocycles. The van der Waals surface area contributed by atoms with Crippen molar-refractivity contribution in [2.24, 2.45) is 0 Å². The minimum Gasteiger partial charge on any atom is -0.497 e. The van der Waals surface area contributed by atoms with Gasteiger partial charge in [-0.2, -0.15) is 0 Å². The van der Waals surface area contributed by atoms with E-state index in [2.05, 4.69) is 6.58 Å². The van der Waals surface area contributed by atoms with Gasteiger partial charge in [-0.05, 0) is 55.5 Å². The normalized spacial score (nSPS) is 11.2. The fraction of sp³-hybridized carbons (Fsp3) is 0.211. The Morgan fingerprint density at radius 2 is 1.50 bits per heavy atom. The zero-order chi connectivity index (χ0) is 17.4. The molecule has 24 heavy (non-hydrogen) atoms. The molecule has 1 atom stereocenters. The zero-order valence-corrected chi connectivity index (χ0v) is 13.7. The average molecular weight is 328 g/mol. The van der Waals surface area contributed by atoms with Crippen LogP contribution in [0.3, 0.4) is 0 Å². The van der Waals surface area contributed by atoms with E-state index in [9.17, 15) is 4.79 Å². The van der Waals surface area contributed by atoms with Gasteiger partial charge in [0.25, 0.3) is 0 Å². The van der Waals surface area contributed by atoms with Crippen molar-refractivity contribution in [3.05, 3.63) is 61.2 Å². The number of carbonyl (C=O) groups excluding carboxylic acids is 1. The van der Waals surface area contributed by atoms with Gasteiger partial charge in [0.05, 0.1) is 7.11 Å². The van der Waals surface area contributed by atoms with E-state index < -0.39 is 5.97 Å². The molecule has 126 valence electrons. The van der Waals surface area contributed by atoms with Crippen LogP contribution < -0.4 is 14.2 Å². The van der Waals surface area contributed by atoms with Gasteiger partial charge in [-0.15, -0.1) is 0 Å². The van der Waals surface area contributed by atoms with Crippen molar-refractivity contribution in [3.63, 3.8) is 0 Å². The number of methoxy groups -OCH3 is 1. The third kappa shape index (κ3) is 5.35. The summed E-state index contributed by atoms with van der Waals surface area (Å²) in [5.41, 5.74) is 0. The Labute approximate surface area is 141 Å². The minimum absolute atomic E-state index is 0.262. The Bertz CT molecular complexity index is 661. The third-order valence-corrected chi connectivity index (χ3v) is 3.09. The van der Waals surface area contributed by atoms with E-state index in [4.69, 9.17) is 18.9 Å². The number of rotatable bonds is 8. The van der Waals surface area contributed by atoms with E-state index in [0.717, 1.165) is 17.6 Å². The summed E-state index contributed by atoms with van der Waals surface area (Å²) in [5.74, 6) is 2.39. The molecule has 1 unspecified atom stereocenters. The van der Waals surface area contributed by atoms with E-state index in [-0.39, 0.29) is 12.7 Å². The molecule has 0 radical (unpaired) electrons. The Hall–Kier alpha value is -2.95. The highest BCUT2D eigenvalue weighted by atomic mass is 16.6. The molecule has 5 heteroatoms. The van der Waals surface area contributed by atoms with E-state index in [1.165, 1.54) is 0 Å². The summed E-state index contributed by atoms with van der Waals surface area (Å²) >= 11 is 0. The summed E-state index contributed by atoms with van der Waals surface area (Å²) in [6.07, 6.45) is 0.771. The SMILES string of the molecule is C=CC(=O)OC(C)COc1ccc(Oc2ccc(OC)cc2)cc1. The summed E-state index contributed by atoms with van der Waals surface area (Å²) in [4.78, 5) is 11.1. The molecule has 0 saturated heterocycles. The minimum atomic E-state index is -0.464. The third-order valence-electron chi connectivity index (χ3n) is 3.09. The second kappa shape index (κ2) is 8.62. The van der Waals surface area contributed by atoms with Crippen LogP contribution in [0.5, 0.6) is 23.0 Å². The Morgan fingerprint density at radius 1 is 1.00 bits per heavy atom. The molecule has 0 aromatic heterocycles. The first kappa shape index (κ1) is 17.4. The fourth-order valence-corrected chi connectivity index (χ4v) is 1.88. The van der Waals surface area contributed by atoms with Gasteiger partial charge in [0, 0.05) is 6.08 Å². The molecule has 0 bridgehead atoms. The second-order valence-corrected chi connectivity index (χ2v) is 5.01. The molecular weight excluding hydrogens is 308 g/mol. The molecule has 0 fully saturated rings. The molecule has 0 amide bonds. The Morgan fingerprint density at radius 3 is 2.00 bits per heavy atom. The van der Waals surface area contributed by atoms with Gasteiger partial charge in [0.2, 0.25) is 0 Å². The molecule has 2 aromatic carbocycles. The first-order valence-corrected chi connectivity index (χ1v) is 7.48. The quantitative estimate of drug-likeness (QED) is 0.542. The molecule has 0 aliphatic carbocycles. The van der Waals surface area contributed by atoms with Crippen LogP contribution >= 0.6 is 0 Å². The molecule has 0 spiro atoms. The predicted octanol–water partition coefficient (Wildman–Crippen LogP) is 3.98. The maximum Gasteiger partial charge on any atom is 0.330 e. The molecule has 2 aromatic rings. The number of carbonyl (C=O) groups is 1. The lowest BCUT2D eigenvalue weighted by Crippen LogP contribution is -2.20. The molecule has 0 aliphatic heterocycles. The fourth-order valence-electron chi connectivity index (χ4n) is 1.88. The van der Waals surface area contributed by atoms with Crippen LogP contribution in [0, 0.1) is 0 Å². The van der Waals surface area contributed by atoms with Gasteiger partial charge in [0.15, 0.2) is 0 Å². The van der Waals surface area contributed by atoms with Crippen molar-refractivity contribution in [1.82, 2.24) is 0 Å². The van der Waals surface area contributed by atoms with Crippen molar-refractivity contribution >= 4 is 5.97 Å². The lowest BCUT2D eigenvalue weighted by molar-refractivity contribution is -0.143. The van der Waals surface area contributed by atoms with E-state index in [1.54, 1.807) is 38.3 Å². The highest BCUT2D eigenvalue weighted by Crippen LogP contribution is 2.25. The summed E-state index contributed by atoms with van der Waals surface area (Å²) in [6, 6.07) is 14.5. The van der Waals surface area contributed by atoms with E-state index in [0.29, 0.717) is 11.5 Å². The number of esters is 1. The van der Waals surface area contributed by atoms with Crippen molar-refractivity contribution in [3.8, 4) is 23.0 Å². The van der Waals surface area contributed by atoms with Crippen LogP contribution in [0.2, 0.25) is 0 Å². The largest absolute Gasteiger partial charge is 0.497 e. The number of hydrogen-bond donors (Lipinski definition) is 0. The first-order valence-electron chi connectivity index (χ1n) is 7.48.